The minimum Gasteiger partial charge on any atom is -0.388 e. The smallest absolute Gasteiger partial charge is 0.269 e. The number of nitro benzene ring substituents is 1. The molecule has 7 nitrogen and oxygen atoms in total. The van der Waals surface area contributed by atoms with E-state index >= 15 is 0 Å². The average Bonchev–Trinajstić information content (AvgIpc) is 2.77. The van der Waals surface area contributed by atoms with Gasteiger partial charge in [0.2, 0.25) is 0 Å². The zero-order chi connectivity index (χ0) is 12.4. The Morgan fingerprint density at radius 2 is 2.29 bits per heavy atom. The Morgan fingerprint density at radius 3 is 2.82 bits per heavy atom. The standard InChI is InChI=1S/C10H9N3O4/c1-6-4-7(13(15)16)2-3-8(6)10-11-9(5-14)12-17-10/h2-4,14H,5H2,1H3. The SMILES string of the molecule is Cc1cc([N+](=O)[O-])ccc1-c1nc(CO)no1. The van der Waals surface area contributed by atoms with Crippen LogP contribution >= 0.6 is 0 Å². The molecule has 0 amide bonds. The molecule has 1 N–H and O–H groups in total. The third kappa shape index (κ3) is 2.13. The molecule has 88 valence electrons. The fraction of sp³-hybridized carbons (Fsp3) is 0.200. The molecule has 0 aliphatic heterocycles. The van der Waals surface area contributed by atoms with E-state index in [-0.39, 0.29) is 24.0 Å². The molecule has 0 saturated heterocycles. The molecule has 2 aromatic rings. The van der Waals surface area contributed by atoms with E-state index in [9.17, 15) is 10.1 Å². The number of hydrogen-bond acceptors (Lipinski definition) is 6. The lowest BCUT2D eigenvalue weighted by Crippen LogP contribution is -1.91. The van der Waals surface area contributed by atoms with Crippen molar-refractivity contribution in [2.24, 2.45) is 0 Å². The van der Waals surface area contributed by atoms with Crippen LogP contribution in [0.15, 0.2) is 22.7 Å². The lowest BCUT2D eigenvalue weighted by Gasteiger charge is -1.99. The van der Waals surface area contributed by atoms with Crippen molar-refractivity contribution in [1.82, 2.24) is 10.1 Å². The van der Waals surface area contributed by atoms with Gasteiger partial charge in [0.1, 0.15) is 6.61 Å². The van der Waals surface area contributed by atoms with Gasteiger partial charge in [0.25, 0.3) is 11.6 Å². The lowest BCUT2D eigenvalue weighted by atomic mass is 10.1. The highest BCUT2D eigenvalue weighted by Crippen LogP contribution is 2.25. The molecule has 0 spiro atoms. The van der Waals surface area contributed by atoms with Crippen LogP contribution in [0.4, 0.5) is 5.69 Å². The summed E-state index contributed by atoms with van der Waals surface area (Å²) in [7, 11) is 0. The number of benzene rings is 1. The summed E-state index contributed by atoms with van der Waals surface area (Å²) in [6.07, 6.45) is 0. The summed E-state index contributed by atoms with van der Waals surface area (Å²) in [6, 6.07) is 4.34. The van der Waals surface area contributed by atoms with Gasteiger partial charge < -0.3 is 9.63 Å². The highest BCUT2D eigenvalue weighted by Gasteiger charge is 2.14. The normalized spacial score (nSPS) is 10.5. The van der Waals surface area contributed by atoms with E-state index in [2.05, 4.69) is 10.1 Å². The number of aryl methyl sites for hydroxylation is 1. The number of aliphatic hydroxyl groups is 1. The summed E-state index contributed by atoms with van der Waals surface area (Å²) in [5.74, 6) is 0.416. The second kappa shape index (κ2) is 4.30. The molecule has 2 rings (SSSR count). The molecule has 0 atom stereocenters. The molecule has 0 saturated carbocycles. The van der Waals surface area contributed by atoms with Gasteiger partial charge in [-0.3, -0.25) is 10.1 Å². The Morgan fingerprint density at radius 1 is 1.53 bits per heavy atom. The van der Waals surface area contributed by atoms with Crippen LogP contribution < -0.4 is 0 Å². The van der Waals surface area contributed by atoms with Crippen molar-refractivity contribution in [3.8, 4) is 11.5 Å². The van der Waals surface area contributed by atoms with E-state index < -0.39 is 4.92 Å². The number of hydrogen-bond donors (Lipinski definition) is 1. The third-order valence-electron chi connectivity index (χ3n) is 2.26. The second-order valence-corrected chi connectivity index (χ2v) is 3.43. The number of non-ortho nitro benzene ring substituents is 1. The first-order chi connectivity index (χ1) is 8.11. The Hall–Kier alpha value is -2.28. The van der Waals surface area contributed by atoms with E-state index in [0.717, 1.165) is 0 Å². The minimum atomic E-state index is -0.469. The Bertz CT molecular complexity index is 564. The Balaban J connectivity index is 2.42. The van der Waals surface area contributed by atoms with Gasteiger partial charge in [0.15, 0.2) is 5.82 Å². The Kier molecular flexibility index (Phi) is 2.84. The van der Waals surface area contributed by atoms with E-state index in [1.807, 2.05) is 0 Å². The van der Waals surface area contributed by atoms with Crippen LogP contribution in [0.5, 0.6) is 0 Å². The zero-order valence-corrected chi connectivity index (χ0v) is 8.95. The molecule has 0 aliphatic rings. The monoisotopic (exact) mass is 235 g/mol. The molecule has 1 aromatic carbocycles. The van der Waals surface area contributed by atoms with E-state index in [0.29, 0.717) is 11.1 Å². The predicted octanol–water partition coefficient (Wildman–Crippen LogP) is 1.45. The first-order valence-corrected chi connectivity index (χ1v) is 4.80. The van der Waals surface area contributed by atoms with Crippen molar-refractivity contribution in [1.29, 1.82) is 0 Å². The van der Waals surface area contributed by atoms with Crippen molar-refractivity contribution in [3.05, 3.63) is 39.7 Å². The van der Waals surface area contributed by atoms with Gasteiger partial charge in [0.05, 0.1) is 4.92 Å². The molecule has 0 radical (unpaired) electrons. The van der Waals surface area contributed by atoms with Crippen LogP contribution in [0.2, 0.25) is 0 Å². The second-order valence-electron chi connectivity index (χ2n) is 3.43. The molecule has 0 fully saturated rings. The van der Waals surface area contributed by atoms with Gasteiger partial charge in [-0.15, -0.1) is 0 Å². The quantitative estimate of drug-likeness (QED) is 0.637. The third-order valence-corrected chi connectivity index (χ3v) is 2.26. The molecule has 17 heavy (non-hydrogen) atoms. The van der Waals surface area contributed by atoms with Crippen LogP contribution in [-0.4, -0.2) is 20.2 Å². The van der Waals surface area contributed by atoms with Gasteiger partial charge in [0, 0.05) is 17.7 Å². The highest BCUT2D eigenvalue weighted by atomic mass is 16.6. The first-order valence-electron chi connectivity index (χ1n) is 4.80. The molecule has 7 heteroatoms. The van der Waals surface area contributed by atoms with Gasteiger partial charge >= 0.3 is 0 Å². The van der Waals surface area contributed by atoms with Crippen LogP contribution in [0, 0.1) is 17.0 Å². The molecular formula is C10H9N3O4. The van der Waals surface area contributed by atoms with Crippen molar-refractivity contribution >= 4 is 5.69 Å². The maximum absolute atomic E-state index is 10.6. The highest BCUT2D eigenvalue weighted by molar-refractivity contribution is 5.60. The molecule has 0 aliphatic carbocycles. The van der Waals surface area contributed by atoms with Crippen LogP contribution in [-0.2, 0) is 6.61 Å². The van der Waals surface area contributed by atoms with E-state index in [1.165, 1.54) is 12.1 Å². The summed E-state index contributed by atoms with van der Waals surface area (Å²) >= 11 is 0. The number of nitro groups is 1. The summed E-state index contributed by atoms with van der Waals surface area (Å²) in [5, 5.41) is 22.9. The summed E-state index contributed by atoms with van der Waals surface area (Å²) in [5.41, 5.74) is 1.28. The first kappa shape index (κ1) is 11.2. The van der Waals surface area contributed by atoms with Crippen LogP contribution in [0.25, 0.3) is 11.5 Å². The summed E-state index contributed by atoms with van der Waals surface area (Å²) in [4.78, 5) is 14.0. The minimum absolute atomic E-state index is 0.00754. The van der Waals surface area contributed by atoms with Crippen LogP contribution in [0.3, 0.4) is 0 Å². The fourth-order valence-electron chi connectivity index (χ4n) is 1.43. The zero-order valence-electron chi connectivity index (χ0n) is 8.95. The topological polar surface area (TPSA) is 102 Å². The molecule has 0 bridgehead atoms. The van der Waals surface area contributed by atoms with Gasteiger partial charge in [-0.2, -0.15) is 4.98 Å². The van der Waals surface area contributed by atoms with Gasteiger partial charge in [-0.05, 0) is 18.6 Å². The van der Waals surface area contributed by atoms with Crippen molar-refractivity contribution in [2.45, 2.75) is 13.5 Å². The van der Waals surface area contributed by atoms with Gasteiger partial charge in [-0.25, -0.2) is 0 Å². The Labute approximate surface area is 95.9 Å². The largest absolute Gasteiger partial charge is 0.388 e. The van der Waals surface area contributed by atoms with E-state index in [1.54, 1.807) is 13.0 Å². The number of nitrogens with zero attached hydrogens (tertiary/aromatic N) is 3. The average molecular weight is 235 g/mol. The number of aromatic nitrogens is 2. The predicted molar refractivity (Wildman–Crippen MR) is 57.0 cm³/mol. The number of rotatable bonds is 3. The molecule has 0 unspecified atom stereocenters. The van der Waals surface area contributed by atoms with E-state index in [4.69, 9.17) is 9.63 Å². The maximum atomic E-state index is 10.6. The van der Waals surface area contributed by atoms with Crippen molar-refractivity contribution in [2.75, 3.05) is 0 Å². The molecular weight excluding hydrogens is 226 g/mol. The van der Waals surface area contributed by atoms with Crippen molar-refractivity contribution < 1.29 is 14.6 Å². The number of aliphatic hydroxyl groups excluding tert-OH is 1. The van der Waals surface area contributed by atoms with Crippen molar-refractivity contribution in [3.63, 3.8) is 0 Å². The van der Waals surface area contributed by atoms with Gasteiger partial charge in [-0.1, -0.05) is 5.16 Å². The molecule has 1 heterocycles. The maximum Gasteiger partial charge on any atom is 0.269 e. The van der Waals surface area contributed by atoms with Crippen LogP contribution in [0.1, 0.15) is 11.4 Å². The summed E-state index contributed by atoms with van der Waals surface area (Å²) in [6.45, 7) is 1.40. The lowest BCUT2D eigenvalue weighted by molar-refractivity contribution is -0.384. The molecule has 1 aromatic heterocycles. The summed E-state index contributed by atoms with van der Waals surface area (Å²) < 4.78 is 4.93. The fourth-order valence-corrected chi connectivity index (χ4v) is 1.43.